The molecule has 2 aromatic rings. The average Bonchev–Trinajstić information content (AvgIpc) is 3.17. The Morgan fingerprint density at radius 2 is 1.80 bits per heavy atom. The van der Waals surface area contributed by atoms with Crippen LogP contribution in [0, 0.1) is 5.82 Å². The van der Waals surface area contributed by atoms with Gasteiger partial charge in [0.1, 0.15) is 5.82 Å². The standard InChI is InChI=1S/C18H20FN3O2S/c19-15-5-3-14(4-6-15)18(24)22-11-9-21(10-12-22)8-7-20-17(23)16-2-1-13-25-16/h1-6,13H,7-12H2,(H,20,23). The highest BCUT2D eigenvalue weighted by molar-refractivity contribution is 7.12. The van der Waals surface area contributed by atoms with E-state index in [1.807, 2.05) is 11.4 Å². The van der Waals surface area contributed by atoms with Gasteiger partial charge in [0.05, 0.1) is 4.88 Å². The Hall–Kier alpha value is -2.25. The van der Waals surface area contributed by atoms with Gasteiger partial charge in [0.25, 0.3) is 11.8 Å². The maximum atomic E-state index is 12.9. The summed E-state index contributed by atoms with van der Waals surface area (Å²) in [6, 6.07) is 9.31. The van der Waals surface area contributed by atoms with Crippen LogP contribution < -0.4 is 5.32 Å². The molecule has 2 amide bonds. The van der Waals surface area contributed by atoms with Crippen LogP contribution in [-0.2, 0) is 0 Å². The van der Waals surface area contributed by atoms with Crippen LogP contribution >= 0.6 is 11.3 Å². The Morgan fingerprint density at radius 3 is 2.44 bits per heavy atom. The highest BCUT2D eigenvalue weighted by Gasteiger charge is 2.22. The molecule has 3 rings (SSSR count). The van der Waals surface area contributed by atoms with Gasteiger partial charge in [-0.3, -0.25) is 14.5 Å². The second-order valence-corrected chi connectivity index (χ2v) is 6.82. The van der Waals surface area contributed by atoms with Gasteiger partial charge in [0, 0.05) is 44.8 Å². The molecule has 0 bridgehead atoms. The molecule has 0 unspecified atom stereocenters. The number of carbonyl (C=O) groups excluding carboxylic acids is 2. The molecule has 7 heteroatoms. The SMILES string of the molecule is O=C(NCCN1CCN(C(=O)c2ccc(F)cc2)CC1)c1cccs1. The van der Waals surface area contributed by atoms with Crippen LogP contribution in [0.2, 0.25) is 0 Å². The number of nitrogens with zero attached hydrogens (tertiary/aromatic N) is 2. The molecule has 1 aliphatic heterocycles. The van der Waals surface area contributed by atoms with Gasteiger partial charge < -0.3 is 10.2 Å². The summed E-state index contributed by atoms with van der Waals surface area (Å²) in [5, 5.41) is 4.79. The van der Waals surface area contributed by atoms with Crippen molar-refractivity contribution in [2.75, 3.05) is 39.3 Å². The van der Waals surface area contributed by atoms with E-state index in [2.05, 4.69) is 10.2 Å². The van der Waals surface area contributed by atoms with Gasteiger partial charge in [-0.1, -0.05) is 6.07 Å². The number of amides is 2. The van der Waals surface area contributed by atoms with Crippen molar-refractivity contribution >= 4 is 23.2 Å². The van der Waals surface area contributed by atoms with E-state index in [0.717, 1.165) is 24.5 Å². The molecule has 1 aromatic heterocycles. The van der Waals surface area contributed by atoms with E-state index in [1.165, 1.54) is 35.6 Å². The lowest BCUT2D eigenvalue weighted by Crippen LogP contribution is -2.50. The molecule has 1 N–H and O–H groups in total. The van der Waals surface area contributed by atoms with E-state index in [-0.39, 0.29) is 17.6 Å². The smallest absolute Gasteiger partial charge is 0.261 e. The summed E-state index contributed by atoms with van der Waals surface area (Å²) in [6.07, 6.45) is 0. The maximum absolute atomic E-state index is 12.9. The van der Waals surface area contributed by atoms with Crippen molar-refractivity contribution < 1.29 is 14.0 Å². The van der Waals surface area contributed by atoms with Gasteiger partial charge in [-0.05, 0) is 35.7 Å². The van der Waals surface area contributed by atoms with Crippen LogP contribution in [0.3, 0.4) is 0 Å². The van der Waals surface area contributed by atoms with Gasteiger partial charge in [0.2, 0.25) is 0 Å². The van der Waals surface area contributed by atoms with Crippen molar-refractivity contribution in [3.63, 3.8) is 0 Å². The van der Waals surface area contributed by atoms with Gasteiger partial charge in [-0.15, -0.1) is 11.3 Å². The number of piperazine rings is 1. The topological polar surface area (TPSA) is 52.7 Å². The average molecular weight is 361 g/mol. The lowest BCUT2D eigenvalue weighted by atomic mass is 10.2. The third kappa shape index (κ3) is 4.64. The Bertz CT molecular complexity index is 710. The first-order valence-electron chi connectivity index (χ1n) is 8.22. The number of benzene rings is 1. The monoisotopic (exact) mass is 361 g/mol. The van der Waals surface area contributed by atoms with Crippen LogP contribution in [0.5, 0.6) is 0 Å². The summed E-state index contributed by atoms with van der Waals surface area (Å²) in [7, 11) is 0. The summed E-state index contributed by atoms with van der Waals surface area (Å²) < 4.78 is 12.9. The number of thiophene rings is 1. The van der Waals surface area contributed by atoms with E-state index in [1.54, 1.807) is 11.0 Å². The van der Waals surface area contributed by atoms with E-state index >= 15 is 0 Å². The van der Waals surface area contributed by atoms with E-state index < -0.39 is 0 Å². The maximum Gasteiger partial charge on any atom is 0.261 e. The zero-order valence-corrected chi connectivity index (χ0v) is 14.6. The summed E-state index contributed by atoms with van der Waals surface area (Å²) >= 11 is 1.43. The van der Waals surface area contributed by atoms with Crippen LogP contribution in [0.25, 0.3) is 0 Å². The fourth-order valence-corrected chi connectivity index (χ4v) is 3.41. The van der Waals surface area contributed by atoms with Crippen molar-refractivity contribution in [1.29, 1.82) is 0 Å². The molecule has 1 aromatic carbocycles. The molecule has 1 fully saturated rings. The number of halogens is 1. The highest BCUT2D eigenvalue weighted by Crippen LogP contribution is 2.10. The lowest BCUT2D eigenvalue weighted by molar-refractivity contribution is 0.0638. The summed E-state index contributed by atoms with van der Waals surface area (Å²) in [5.74, 6) is -0.447. The first-order chi connectivity index (χ1) is 12.1. The third-order valence-corrected chi connectivity index (χ3v) is 5.08. The zero-order valence-electron chi connectivity index (χ0n) is 13.8. The minimum absolute atomic E-state index is 0.0416. The Labute approximate surface area is 150 Å². The zero-order chi connectivity index (χ0) is 17.6. The van der Waals surface area contributed by atoms with Crippen LogP contribution in [0.15, 0.2) is 41.8 Å². The highest BCUT2D eigenvalue weighted by atomic mass is 32.1. The molecule has 1 aliphatic rings. The molecule has 1 saturated heterocycles. The molecule has 2 heterocycles. The first kappa shape index (κ1) is 17.6. The molecule has 5 nitrogen and oxygen atoms in total. The summed E-state index contributed by atoms with van der Waals surface area (Å²) in [5.41, 5.74) is 0.512. The molecule has 0 radical (unpaired) electrons. The van der Waals surface area contributed by atoms with Crippen molar-refractivity contribution in [2.24, 2.45) is 0 Å². The lowest BCUT2D eigenvalue weighted by Gasteiger charge is -2.34. The van der Waals surface area contributed by atoms with E-state index in [0.29, 0.717) is 25.2 Å². The first-order valence-corrected chi connectivity index (χ1v) is 9.10. The molecule has 0 aliphatic carbocycles. The molecular weight excluding hydrogens is 341 g/mol. The number of carbonyl (C=O) groups is 2. The summed E-state index contributed by atoms with van der Waals surface area (Å²) in [4.78, 5) is 29.0. The quantitative estimate of drug-likeness (QED) is 0.887. The van der Waals surface area contributed by atoms with Crippen molar-refractivity contribution in [3.8, 4) is 0 Å². The minimum atomic E-state index is -0.342. The fourth-order valence-electron chi connectivity index (χ4n) is 2.77. The molecule has 25 heavy (non-hydrogen) atoms. The van der Waals surface area contributed by atoms with Gasteiger partial charge >= 0.3 is 0 Å². The predicted octanol–water partition coefficient (Wildman–Crippen LogP) is 2.08. The normalized spacial score (nSPS) is 15.2. The molecule has 0 spiro atoms. The molecular formula is C18H20FN3O2S. The van der Waals surface area contributed by atoms with Crippen molar-refractivity contribution in [1.82, 2.24) is 15.1 Å². The second-order valence-electron chi connectivity index (χ2n) is 5.87. The van der Waals surface area contributed by atoms with Gasteiger partial charge in [-0.2, -0.15) is 0 Å². The van der Waals surface area contributed by atoms with Crippen LogP contribution in [-0.4, -0.2) is 60.9 Å². The van der Waals surface area contributed by atoms with Crippen molar-refractivity contribution in [2.45, 2.75) is 0 Å². The molecule has 0 saturated carbocycles. The van der Waals surface area contributed by atoms with Crippen LogP contribution in [0.4, 0.5) is 4.39 Å². The Morgan fingerprint density at radius 1 is 1.08 bits per heavy atom. The summed E-state index contributed by atoms with van der Waals surface area (Å²) in [6.45, 7) is 4.14. The van der Waals surface area contributed by atoms with E-state index in [9.17, 15) is 14.0 Å². The third-order valence-electron chi connectivity index (χ3n) is 4.21. The minimum Gasteiger partial charge on any atom is -0.350 e. The van der Waals surface area contributed by atoms with Gasteiger partial charge in [0.15, 0.2) is 0 Å². The van der Waals surface area contributed by atoms with Gasteiger partial charge in [-0.25, -0.2) is 4.39 Å². The number of hydrogen-bond donors (Lipinski definition) is 1. The van der Waals surface area contributed by atoms with Crippen molar-refractivity contribution in [3.05, 3.63) is 58.0 Å². The predicted molar refractivity (Wildman–Crippen MR) is 95.4 cm³/mol. The fraction of sp³-hybridized carbons (Fsp3) is 0.333. The largest absolute Gasteiger partial charge is 0.350 e. The molecule has 132 valence electrons. The van der Waals surface area contributed by atoms with Crippen LogP contribution in [0.1, 0.15) is 20.0 Å². The van der Waals surface area contributed by atoms with E-state index in [4.69, 9.17) is 0 Å². The molecule has 0 atom stereocenters. The second kappa shape index (κ2) is 8.22. The number of hydrogen-bond acceptors (Lipinski definition) is 4. The number of nitrogens with one attached hydrogen (secondary N) is 1. The Balaban J connectivity index is 1.40. The number of rotatable bonds is 5. The Kier molecular flexibility index (Phi) is 5.78.